The fourth-order valence-corrected chi connectivity index (χ4v) is 2.68. The first-order valence-electron chi connectivity index (χ1n) is 9.22. The van der Waals surface area contributed by atoms with Crippen molar-refractivity contribution in [3.63, 3.8) is 0 Å². The zero-order valence-corrected chi connectivity index (χ0v) is 16.5. The van der Waals surface area contributed by atoms with E-state index in [4.69, 9.17) is 21.0 Å². The second-order valence-corrected chi connectivity index (χ2v) is 6.15. The highest BCUT2D eigenvalue weighted by molar-refractivity contribution is 5.84. The summed E-state index contributed by atoms with van der Waals surface area (Å²) in [5, 5.41) is 53.1. The van der Waals surface area contributed by atoms with Crippen molar-refractivity contribution in [2.75, 3.05) is 18.0 Å². The maximum Gasteiger partial charge on any atom is 0.148 e. The minimum Gasteiger partial charge on any atom is -0.369 e. The van der Waals surface area contributed by atoms with E-state index in [0.717, 1.165) is 5.69 Å². The Morgan fingerprint density at radius 1 is 0.677 bits per heavy atom. The van der Waals surface area contributed by atoms with E-state index >= 15 is 0 Å². The summed E-state index contributed by atoms with van der Waals surface area (Å²) in [5.74, 6) is 0. The van der Waals surface area contributed by atoms with Crippen LogP contribution in [0.25, 0.3) is 5.57 Å². The molecule has 0 aliphatic rings. The molecule has 2 rings (SSSR count). The van der Waals surface area contributed by atoms with Gasteiger partial charge in [-0.15, -0.1) is 0 Å². The molecule has 0 aromatic heterocycles. The third-order valence-corrected chi connectivity index (χ3v) is 4.22. The Morgan fingerprint density at radius 2 is 1.16 bits per heavy atom. The standard InChI is InChI=1S/C23H16N8/c24-11-1-13-31(14-2-12-25)22-9-7-21(8-10-22)30-29-20-5-3-18(4-6-20)23(17-28)19(15-26)16-27/h3-10H,1-2,13-14H2. The molecule has 0 fully saturated rings. The molecule has 8 heteroatoms. The summed E-state index contributed by atoms with van der Waals surface area (Å²) in [5.41, 5.74) is 2.30. The van der Waals surface area contributed by atoms with Gasteiger partial charge in [0.1, 0.15) is 23.8 Å². The van der Waals surface area contributed by atoms with E-state index in [-0.39, 0.29) is 11.1 Å². The molecule has 0 unspecified atom stereocenters. The van der Waals surface area contributed by atoms with Gasteiger partial charge in [0.05, 0.1) is 41.9 Å². The van der Waals surface area contributed by atoms with Crippen molar-refractivity contribution in [1.82, 2.24) is 0 Å². The van der Waals surface area contributed by atoms with Crippen LogP contribution in [0.1, 0.15) is 18.4 Å². The maximum atomic E-state index is 9.20. The summed E-state index contributed by atoms with van der Waals surface area (Å²) >= 11 is 0. The van der Waals surface area contributed by atoms with Crippen LogP contribution in [0.15, 0.2) is 64.3 Å². The summed E-state index contributed by atoms with van der Waals surface area (Å²) in [6.45, 7) is 1.09. The molecule has 2 aromatic carbocycles. The molecule has 148 valence electrons. The fraction of sp³-hybridized carbons (Fsp3) is 0.174. The molecule has 0 atom stereocenters. The van der Waals surface area contributed by atoms with Gasteiger partial charge in [0.2, 0.25) is 0 Å². The molecule has 0 spiro atoms. The van der Waals surface area contributed by atoms with Gasteiger partial charge in [-0.25, -0.2) is 0 Å². The van der Waals surface area contributed by atoms with E-state index < -0.39 is 0 Å². The number of anilines is 1. The lowest BCUT2D eigenvalue weighted by Gasteiger charge is -2.22. The molecule has 0 heterocycles. The fourth-order valence-electron chi connectivity index (χ4n) is 2.68. The molecule has 0 radical (unpaired) electrons. The van der Waals surface area contributed by atoms with Crippen molar-refractivity contribution in [1.29, 1.82) is 26.3 Å². The molecule has 0 saturated heterocycles. The number of hydrogen-bond donors (Lipinski definition) is 0. The average molecular weight is 404 g/mol. The van der Waals surface area contributed by atoms with Crippen LogP contribution in [-0.4, -0.2) is 13.1 Å². The average Bonchev–Trinajstić information content (AvgIpc) is 2.82. The van der Waals surface area contributed by atoms with Crippen LogP contribution in [0, 0.1) is 56.7 Å². The Bertz CT molecular complexity index is 1140. The largest absolute Gasteiger partial charge is 0.369 e. The van der Waals surface area contributed by atoms with Crippen molar-refractivity contribution in [3.05, 3.63) is 59.7 Å². The first-order valence-corrected chi connectivity index (χ1v) is 9.22. The third kappa shape index (κ3) is 6.27. The number of rotatable bonds is 8. The topological polar surface area (TPSA) is 147 Å². The highest BCUT2D eigenvalue weighted by Gasteiger charge is 2.09. The van der Waals surface area contributed by atoms with Crippen molar-refractivity contribution >= 4 is 22.6 Å². The van der Waals surface area contributed by atoms with Crippen LogP contribution >= 0.6 is 0 Å². The summed E-state index contributed by atoms with van der Waals surface area (Å²) < 4.78 is 0. The first kappa shape index (κ1) is 22.3. The quantitative estimate of drug-likeness (QED) is 0.443. The zero-order valence-electron chi connectivity index (χ0n) is 16.5. The molecule has 0 aliphatic heterocycles. The van der Waals surface area contributed by atoms with Gasteiger partial charge in [0, 0.05) is 18.8 Å². The summed E-state index contributed by atoms with van der Waals surface area (Å²) in [7, 11) is 0. The van der Waals surface area contributed by atoms with Gasteiger partial charge >= 0.3 is 0 Å². The van der Waals surface area contributed by atoms with Crippen molar-refractivity contribution < 1.29 is 0 Å². The third-order valence-electron chi connectivity index (χ3n) is 4.22. The van der Waals surface area contributed by atoms with Gasteiger partial charge in [0.25, 0.3) is 0 Å². The van der Waals surface area contributed by atoms with E-state index in [1.54, 1.807) is 48.5 Å². The van der Waals surface area contributed by atoms with E-state index in [2.05, 4.69) is 22.4 Å². The smallest absolute Gasteiger partial charge is 0.148 e. The molecule has 0 N–H and O–H groups in total. The zero-order chi connectivity index (χ0) is 22.5. The number of nitrogens with zero attached hydrogens (tertiary/aromatic N) is 8. The van der Waals surface area contributed by atoms with Crippen LogP contribution in [-0.2, 0) is 0 Å². The Morgan fingerprint density at radius 3 is 1.58 bits per heavy atom. The molecule has 0 saturated carbocycles. The highest BCUT2D eigenvalue weighted by Crippen LogP contribution is 2.25. The molecular formula is C23H16N8. The number of allylic oxidation sites excluding steroid dienone is 2. The second-order valence-electron chi connectivity index (χ2n) is 6.15. The number of nitriles is 5. The van der Waals surface area contributed by atoms with Gasteiger partial charge in [-0.2, -0.15) is 36.5 Å². The summed E-state index contributed by atoms with van der Waals surface area (Å²) in [4.78, 5) is 1.98. The van der Waals surface area contributed by atoms with E-state index in [9.17, 15) is 5.26 Å². The van der Waals surface area contributed by atoms with Crippen LogP contribution < -0.4 is 4.90 Å². The Hall–Kier alpha value is -4.97. The monoisotopic (exact) mass is 404 g/mol. The summed E-state index contributed by atoms with van der Waals surface area (Å²) in [6.07, 6.45) is 0.742. The van der Waals surface area contributed by atoms with Crippen molar-refractivity contribution in [3.8, 4) is 30.3 Å². The predicted molar refractivity (Wildman–Crippen MR) is 113 cm³/mol. The minimum atomic E-state index is -0.240. The summed E-state index contributed by atoms with van der Waals surface area (Å²) in [6, 6.07) is 23.3. The Labute approximate surface area is 180 Å². The minimum absolute atomic E-state index is 0.0152. The van der Waals surface area contributed by atoms with Gasteiger partial charge in [-0.1, -0.05) is 12.1 Å². The molecule has 8 nitrogen and oxygen atoms in total. The number of hydrogen-bond acceptors (Lipinski definition) is 8. The van der Waals surface area contributed by atoms with Crippen molar-refractivity contribution in [2.45, 2.75) is 12.8 Å². The van der Waals surface area contributed by atoms with Crippen LogP contribution in [0.3, 0.4) is 0 Å². The lowest BCUT2D eigenvalue weighted by atomic mass is 10.0. The Balaban J connectivity index is 2.14. The first-order chi connectivity index (χ1) is 15.2. The highest BCUT2D eigenvalue weighted by atomic mass is 15.1. The lowest BCUT2D eigenvalue weighted by molar-refractivity contribution is 0.796. The van der Waals surface area contributed by atoms with Gasteiger partial charge in [0.15, 0.2) is 0 Å². The molecule has 0 bridgehead atoms. The predicted octanol–water partition coefficient (Wildman–Crippen LogP) is 5.06. The van der Waals surface area contributed by atoms with Gasteiger partial charge < -0.3 is 4.90 Å². The van der Waals surface area contributed by atoms with Gasteiger partial charge in [-0.05, 0) is 42.0 Å². The normalized spacial score (nSPS) is 9.52. The van der Waals surface area contributed by atoms with Crippen LogP contribution in [0.4, 0.5) is 17.1 Å². The molecule has 2 aromatic rings. The van der Waals surface area contributed by atoms with Crippen LogP contribution in [0.5, 0.6) is 0 Å². The van der Waals surface area contributed by atoms with E-state index in [0.29, 0.717) is 42.9 Å². The number of azo groups is 1. The maximum absolute atomic E-state index is 9.20. The SMILES string of the molecule is N#CCCN(CCC#N)c1ccc(N=Nc2ccc(C(C#N)=C(C#N)C#N)cc2)cc1. The molecular weight excluding hydrogens is 388 g/mol. The van der Waals surface area contributed by atoms with Gasteiger partial charge in [-0.3, -0.25) is 0 Å². The van der Waals surface area contributed by atoms with E-state index in [1.807, 2.05) is 23.1 Å². The molecule has 31 heavy (non-hydrogen) atoms. The Kier molecular flexibility index (Phi) is 8.48. The molecule has 0 aliphatic carbocycles. The van der Waals surface area contributed by atoms with Crippen LogP contribution in [0.2, 0.25) is 0 Å². The second kappa shape index (κ2) is 11.8. The lowest BCUT2D eigenvalue weighted by Crippen LogP contribution is -2.25. The molecule has 0 amide bonds. The van der Waals surface area contributed by atoms with Crippen molar-refractivity contribution in [2.24, 2.45) is 10.2 Å². The van der Waals surface area contributed by atoms with E-state index in [1.165, 1.54) is 0 Å². The number of benzene rings is 2.